The van der Waals surface area contributed by atoms with Crippen LogP contribution in [0, 0.1) is 12.8 Å². The SMILES string of the molecule is Cc1cnc(NCCN2CCC(C)CC2)c(N)c1. The summed E-state index contributed by atoms with van der Waals surface area (Å²) in [6.07, 6.45) is 4.50. The number of rotatable bonds is 4. The quantitative estimate of drug-likeness (QED) is 0.857. The molecule has 1 aromatic heterocycles. The van der Waals surface area contributed by atoms with Crippen LogP contribution in [0.2, 0.25) is 0 Å². The van der Waals surface area contributed by atoms with E-state index >= 15 is 0 Å². The molecule has 1 aromatic rings. The first-order valence-corrected chi connectivity index (χ1v) is 6.83. The molecule has 1 aliphatic heterocycles. The Hall–Kier alpha value is -1.29. The predicted molar refractivity (Wildman–Crippen MR) is 76.7 cm³/mol. The number of nitrogens with one attached hydrogen (secondary N) is 1. The van der Waals surface area contributed by atoms with Crippen molar-refractivity contribution >= 4 is 11.5 Å². The third-order valence-corrected chi connectivity index (χ3v) is 3.65. The van der Waals surface area contributed by atoms with Gasteiger partial charge < -0.3 is 16.0 Å². The summed E-state index contributed by atoms with van der Waals surface area (Å²) in [7, 11) is 0. The smallest absolute Gasteiger partial charge is 0.149 e. The van der Waals surface area contributed by atoms with Gasteiger partial charge in [-0.1, -0.05) is 6.92 Å². The normalized spacial score (nSPS) is 17.9. The molecule has 0 aliphatic carbocycles. The highest BCUT2D eigenvalue weighted by Gasteiger charge is 2.14. The Balaban J connectivity index is 1.75. The Morgan fingerprint density at radius 3 is 2.83 bits per heavy atom. The zero-order valence-corrected chi connectivity index (χ0v) is 11.4. The number of likely N-dealkylation sites (tertiary alicyclic amines) is 1. The van der Waals surface area contributed by atoms with Crippen LogP contribution in [0.25, 0.3) is 0 Å². The maximum atomic E-state index is 5.92. The summed E-state index contributed by atoms with van der Waals surface area (Å²) in [5, 5.41) is 3.32. The van der Waals surface area contributed by atoms with Crippen LogP contribution in [-0.4, -0.2) is 36.1 Å². The van der Waals surface area contributed by atoms with Crippen LogP contribution in [0.1, 0.15) is 25.3 Å². The van der Waals surface area contributed by atoms with Gasteiger partial charge >= 0.3 is 0 Å². The van der Waals surface area contributed by atoms with Gasteiger partial charge in [-0.3, -0.25) is 0 Å². The summed E-state index contributed by atoms with van der Waals surface area (Å²) in [6, 6.07) is 1.96. The van der Waals surface area contributed by atoms with Gasteiger partial charge in [-0.15, -0.1) is 0 Å². The minimum absolute atomic E-state index is 0.738. The topological polar surface area (TPSA) is 54.2 Å². The average Bonchev–Trinajstić information content (AvgIpc) is 2.34. The monoisotopic (exact) mass is 248 g/mol. The number of hydrogen-bond acceptors (Lipinski definition) is 4. The van der Waals surface area contributed by atoms with Crippen molar-refractivity contribution in [3.05, 3.63) is 17.8 Å². The van der Waals surface area contributed by atoms with E-state index in [2.05, 4.69) is 22.1 Å². The number of hydrogen-bond donors (Lipinski definition) is 2. The van der Waals surface area contributed by atoms with Crippen molar-refractivity contribution < 1.29 is 0 Å². The molecule has 1 aliphatic rings. The second kappa shape index (κ2) is 6.05. The largest absolute Gasteiger partial charge is 0.396 e. The number of nitrogens with two attached hydrogens (primary N) is 1. The molecule has 0 spiro atoms. The van der Waals surface area contributed by atoms with Gasteiger partial charge in [0.15, 0.2) is 0 Å². The molecule has 1 saturated heterocycles. The molecular weight excluding hydrogens is 224 g/mol. The first kappa shape index (κ1) is 13.1. The van der Waals surface area contributed by atoms with Crippen molar-refractivity contribution in [2.75, 3.05) is 37.2 Å². The van der Waals surface area contributed by atoms with E-state index in [1.165, 1.54) is 25.9 Å². The molecule has 0 amide bonds. The van der Waals surface area contributed by atoms with Crippen LogP contribution in [0.5, 0.6) is 0 Å². The van der Waals surface area contributed by atoms with E-state index in [1.807, 2.05) is 19.2 Å². The van der Waals surface area contributed by atoms with E-state index in [-0.39, 0.29) is 0 Å². The minimum Gasteiger partial charge on any atom is -0.396 e. The zero-order chi connectivity index (χ0) is 13.0. The number of nitrogens with zero attached hydrogens (tertiary/aromatic N) is 2. The molecule has 100 valence electrons. The fourth-order valence-corrected chi connectivity index (χ4v) is 2.36. The van der Waals surface area contributed by atoms with E-state index in [4.69, 9.17) is 5.73 Å². The Morgan fingerprint density at radius 1 is 1.44 bits per heavy atom. The Morgan fingerprint density at radius 2 is 2.17 bits per heavy atom. The number of piperidine rings is 1. The highest BCUT2D eigenvalue weighted by atomic mass is 15.1. The lowest BCUT2D eigenvalue weighted by molar-refractivity contribution is 0.199. The molecule has 0 saturated carbocycles. The van der Waals surface area contributed by atoms with Crippen molar-refractivity contribution in [2.45, 2.75) is 26.7 Å². The van der Waals surface area contributed by atoms with Crippen LogP contribution < -0.4 is 11.1 Å². The van der Waals surface area contributed by atoms with Crippen molar-refractivity contribution in [1.29, 1.82) is 0 Å². The number of anilines is 2. The number of aryl methyl sites for hydroxylation is 1. The lowest BCUT2D eigenvalue weighted by atomic mass is 9.99. The highest BCUT2D eigenvalue weighted by molar-refractivity contribution is 5.61. The van der Waals surface area contributed by atoms with Gasteiger partial charge in [0.2, 0.25) is 0 Å². The predicted octanol–water partition coefficient (Wildman–Crippen LogP) is 2.12. The van der Waals surface area contributed by atoms with E-state index in [0.29, 0.717) is 0 Å². The first-order chi connectivity index (χ1) is 8.65. The number of pyridine rings is 1. The molecule has 4 heteroatoms. The van der Waals surface area contributed by atoms with E-state index in [1.54, 1.807) is 0 Å². The molecule has 0 radical (unpaired) electrons. The maximum absolute atomic E-state index is 5.92. The van der Waals surface area contributed by atoms with E-state index in [9.17, 15) is 0 Å². The van der Waals surface area contributed by atoms with Gasteiger partial charge in [0, 0.05) is 19.3 Å². The summed E-state index contributed by atoms with van der Waals surface area (Å²) in [5.41, 5.74) is 7.76. The molecular formula is C14H24N4. The Labute approximate surface area is 110 Å². The van der Waals surface area contributed by atoms with Crippen molar-refractivity contribution in [3.63, 3.8) is 0 Å². The van der Waals surface area contributed by atoms with Gasteiger partial charge in [-0.2, -0.15) is 0 Å². The third kappa shape index (κ3) is 3.60. The van der Waals surface area contributed by atoms with Crippen molar-refractivity contribution in [3.8, 4) is 0 Å². The molecule has 2 rings (SSSR count). The minimum atomic E-state index is 0.738. The van der Waals surface area contributed by atoms with Gasteiger partial charge in [-0.25, -0.2) is 4.98 Å². The summed E-state index contributed by atoms with van der Waals surface area (Å²) in [6.45, 7) is 8.77. The van der Waals surface area contributed by atoms with E-state index < -0.39 is 0 Å². The van der Waals surface area contributed by atoms with Crippen LogP contribution in [0.3, 0.4) is 0 Å². The van der Waals surface area contributed by atoms with Gasteiger partial charge in [0.1, 0.15) is 5.82 Å². The number of nitrogen functional groups attached to an aromatic ring is 1. The molecule has 4 nitrogen and oxygen atoms in total. The fraction of sp³-hybridized carbons (Fsp3) is 0.643. The fourth-order valence-electron chi connectivity index (χ4n) is 2.36. The lowest BCUT2D eigenvalue weighted by Crippen LogP contribution is -2.36. The number of aromatic nitrogens is 1. The third-order valence-electron chi connectivity index (χ3n) is 3.65. The van der Waals surface area contributed by atoms with Crippen LogP contribution in [0.4, 0.5) is 11.5 Å². The summed E-state index contributed by atoms with van der Waals surface area (Å²) in [4.78, 5) is 6.83. The van der Waals surface area contributed by atoms with Gasteiger partial charge in [0.25, 0.3) is 0 Å². The Kier molecular flexibility index (Phi) is 4.42. The Bertz CT molecular complexity index is 383. The van der Waals surface area contributed by atoms with Crippen LogP contribution in [-0.2, 0) is 0 Å². The summed E-state index contributed by atoms with van der Waals surface area (Å²) >= 11 is 0. The highest BCUT2D eigenvalue weighted by Crippen LogP contribution is 2.17. The average molecular weight is 248 g/mol. The molecule has 0 unspecified atom stereocenters. The van der Waals surface area contributed by atoms with Crippen molar-refractivity contribution in [1.82, 2.24) is 9.88 Å². The molecule has 2 heterocycles. The molecule has 18 heavy (non-hydrogen) atoms. The molecule has 0 aromatic carbocycles. The van der Waals surface area contributed by atoms with Gasteiger partial charge in [-0.05, 0) is 50.4 Å². The molecule has 0 bridgehead atoms. The molecule has 1 fully saturated rings. The summed E-state index contributed by atoms with van der Waals surface area (Å²) < 4.78 is 0. The summed E-state index contributed by atoms with van der Waals surface area (Å²) in [5.74, 6) is 1.70. The first-order valence-electron chi connectivity index (χ1n) is 6.83. The lowest BCUT2D eigenvalue weighted by Gasteiger charge is -2.30. The zero-order valence-electron chi connectivity index (χ0n) is 11.4. The second-order valence-corrected chi connectivity index (χ2v) is 5.40. The molecule has 0 atom stereocenters. The standard InChI is InChI=1S/C14H24N4/c1-11-3-6-18(7-4-11)8-5-16-14-13(15)9-12(2)10-17-14/h9-11H,3-8,15H2,1-2H3,(H,16,17). The van der Waals surface area contributed by atoms with Gasteiger partial charge in [0.05, 0.1) is 5.69 Å². The second-order valence-electron chi connectivity index (χ2n) is 5.40. The maximum Gasteiger partial charge on any atom is 0.149 e. The van der Waals surface area contributed by atoms with E-state index in [0.717, 1.165) is 36.1 Å². The van der Waals surface area contributed by atoms with Crippen LogP contribution in [0.15, 0.2) is 12.3 Å². The van der Waals surface area contributed by atoms with Crippen molar-refractivity contribution in [2.24, 2.45) is 5.92 Å². The molecule has 3 N–H and O–H groups in total. The van der Waals surface area contributed by atoms with Crippen LogP contribution >= 0.6 is 0 Å².